The normalized spacial score (nSPS) is 31.2. The van der Waals surface area contributed by atoms with Gasteiger partial charge in [-0.1, -0.05) is 26.2 Å². The van der Waals surface area contributed by atoms with Crippen molar-refractivity contribution in [1.29, 1.82) is 0 Å². The lowest BCUT2D eigenvalue weighted by atomic mass is 9.82. The zero-order valence-corrected chi connectivity index (χ0v) is 12.4. The van der Waals surface area contributed by atoms with Crippen molar-refractivity contribution < 1.29 is 5.11 Å². The molecule has 0 spiro atoms. The number of aliphatic hydroxyl groups is 1. The molecule has 1 heterocycles. The first-order chi connectivity index (χ1) is 9.22. The van der Waals surface area contributed by atoms with E-state index in [0.29, 0.717) is 6.04 Å². The summed E-state index contributed by atoms with van der Waals surface area (Å²) in [6, 6.07) is 2.94. The standard InChI is InChI=1S/C17H27NO/c1-3-13-7-4-5-8-15(13)18-12(2)11-14-16(18)9-6-10-17(14)19/h11,13,15,17,19H,3-10H2,1-2H3. The van der Waals surface area contributed by atoms with Gasteiger partial charge >= 0.3 is 0 Å². The molecule has 0 aromatic carbocycles. The highest BCUT2D eigenvalue weighted by molar-refractivity contribution is 5.32. The summed E-state index contributed by atoms with van der Waals surface area (Å²) in [6.45, 7) is 4.56. The molecule has 0 bridgehead atoms. The smallest absolute Gasteiger partial charge is 0.0807 e. The van der Waals surface area contributed by atoms with Gasteiger partial charge in [-0.25, -0.2) is 0 Å². The summed E-state index contributed by atoms with van der Waals surface area (Å²) in [7, 11) is 0. The number of fused-ring (bicyclic) bond motifs is 1. The molecule has 2 aliphatic carbocycles. The molecule has 3 rings (SSSR count). The number of nitrogens with zero attached hydrogens (tertiary/aromatic N) is 1. The fraction of sp³-hybridized carbons (Fsp3) is 0.765. The average Bonchev–Trinajstić information content (AvgIpc) is 2.76. The third kappa shape index (κ3) is 2.24. The van der Waals surface area contributed by atoms with Crippen molar-refractivity contribution in [2.45, 2.75) is 77.4 Å². The van der Waals surface area contributed by atoms with Gasteiger partial charge in [-0.3, -0.25) is 0 Å². The van der Waals surface area contributed by atoms with E-state index in [-0.39, 0.29) is 6.10 Å². The number of rotatable bonds is 2. The molecule has 106 valence electrons. The molecular weight excluding hydrogens is 234 g/mol. The second-order valence-corrected chi connectivity index (χ2v) is 6.49. The van der Waals surface area contributed by atoms with Gasteiger partial charge in [0.05, 0.1) is 6.10 Å². The van der Waals surface area contributed by atoms with Gasteiger partial charge in [0.2, 0.25) is 0 Å². The average molecular weight is 261 g/mol. The van der Waals surface area contributed by atoms with Crippen molar-refractivity contribution in [3.63, 3.8) is 0 Å². The van der Waals surface area contributed by atoms with E-state index in [1.54, 1.807) is 0 Å². The molecule has 2 nitrogen and oxygen atoms in total. The molecule has 1 N–H and O–H groups in total. The van der Waals surface area contributed by atoms with Gasteiger partial charge in [0.1, 0.15) is 0 Å². The number of hydrogen-bond acceptors (Lipinski definition) is 1. The number of aryl methyl sites for hydroxylation is 1. The first-order valence-corrected chi connectivity index (χ1v) is 8.11. The number of aromatic nitrogens is 1. The Morgan fingerprint density at radius 3 is 2.79 bits per heavy atom. The Labute approximate surface area is 116 Å². The molecule has 1 aromatic heterocycles. The second-order valence-electron chi connectivity index (χ2n) is 6.49. The van der Waals surface area contributed by atoms with Gasteiger partial charge in [-0.05, 0) is 51.0 Å². The van der Waals surface area contributed by atoms with Crippen molar-refractivity contribution in [1.82, 2.24) is 4.57 Å². The number of hydrogen-bond donors (Lipinski definition) is 1. The molecular formula is C17H27NO. The third-order valence-electron chi connectivity index (χ3n) is 5.34. The molecule has 0 amide bonds. The summed E-state index contributed by atoms with van der Waals surface area (Å²) < 4.78 is 2.60. The van der Waals surface area contributed by atoms with Crippen molar-refractivity contribution in [3.8, 4) is 0 Å². The van der Waals surface area contributed by atoms with E-state index in [1.165, 1.54) is 49.1 Å². The first-order valence-electron chi connectivity index (χ1n) is 8.11. The van der Waals surface area contributed by atoms with Gasteiger partial charge in [-0.15, -0.1) is 0 Å². The summed E-state index contributed by atoms with van der Waals surface area (Å²) in [6.07, 6.45) is 9.81. The van der Waals surface area contributed by atoms with Crippen molar-refractivity contribution in [2.24, 2.45) is 5.92 Å². The zero-order chi connectivity index (χ0) is 13.4. The van der Waals surface area contributed by atoms with E-state index < -0.39 is 0 Å². The van der Waals surface area contributed by atoms with Crippen LogP contribution in [0.25, 0.3) is 0 Å². The van der Waals surface area contributed by atoms with E-state index in [1.807, 2.05) is 0 Å². The molecule has 2 aliphatic rings. The minimum Gasteiger partial charge on any atom is -0.388 e. The van der Waals surface area contributed by atoms with E-state index >= 15 is 0 Å². The highest BCUT2D eigenvalue weighted by Crippen LogP contribution is 2.41. The minimum absolute atomic E-state index is 0.215. The lowest BCUT2D eigenvalue weighted by molar-refractivity contribution is 0.153. The Morgan fingerprint density at radius 2 is 2.00 bits per heavy atom. The lowest BCUT2D eigenvalue weighted by Gasteiger charge is -2.35. The van der Waals surface area contributed by atoms with Crippen LogP contribution in [-0.4, -0.2) is 9.67 Å². The van der Waals surface area contributed by atoms with Gasteiger partial charge in [0.25, 0.3) is 0 Å². The summed E-state index contributed by atoms with van der Waals surface area (Å²) in [4.78, 5) is 0. The fourth-order valence-electron chi connectivity index (χ4n) is 4.37. The Balaban J connectivity index is 1.99. The van der Waals surface area contributed by atoms with Crippen molar-refractivity contribution in [2.75, 3.05) is 0 Å². The SMILES string of the molecule is CCC1CCCCC1n1c(C)cc2c1CCCC2O. The summed E-state index contributed by atoms with van der Waals surface area (Å²) in [5, 5.41) is 10.2. The molecule has 0 saturated heterocycles. The van der Waals surface area contributed by atoms with Gasteiger partial charge in [0.15, 0.2) is 0 Å². The van der Waals surface area contributed by atoms with E-state index in [2.05, 4.69) is 24.5 Å². The largest absolute Gasteiger partial charge is 0.388 e. The predicted octanol–water partition coefficient (Wildman–Crippen LogP) is 4.31. The molecule has 1 aromatic rings. The maximum atomic E-state index is 10.2. The molecule has 2 heteroatoms. The first kappa shape index (κ1) is 13.2. The van der Waals surface area contributed by atoms with Gasteiger partial charge in [-0.2, -0.15) is 0 Å². The molecule has 1 fully saturated rings. The van der Waals surface area contributed by atoms with Crippen LogP contribution in [-0.2, 0) is 6.42 Å². The van der Waals surface area contributed by atoms with E-state index in [4.69, 9.17) is 0 Å². The Kier molecular flexibility index (Phi) is 3.70. The lowest BCUT2D eigenvalue weighted by Crippen LogP contribution is -2.26. The highest BCUT2D eigenvalue weighted by atomic mass is 16.3. The van der Waals surface area contributed by atoms with Crippen LogP contribution in [0.1, 0.15) is 81.0 Å². The van der Waals surface area contributed by atoms with Crippen LogP contribution in [0, 0.1) is 12.8 Å². The van der Waals surface area contributed by atoms with Gasteiger partial charge in [0, 0.05) is 23.0 Å². The molecule has 1 saturated carbocycles. The van der Waals surface area contributed by atoms with Crippen LogP contribution in [0.5, 0.6) is 0 Å². The highest BCUT2D eigenvalue weighted by Gasteiger charge is 2.31. The fourth-order valence-corrected chi connectivity index (χ4v) is 4.37. The maximum absolute atomic E-state index is 10.2. The minimum atomic E-state index is -0.215. The zero-order valence-electron chi connectivity index (χ0n) is 12.4. The molecule has 19 heavy (non-hydrogen) atoms. The van der Waals surface area contributed by atoms with Crippen LogP contribution < -0.4 is 0 Å². The summed E-state index contributed by atoms with van der Waals surface area (Å²) >= 11 is 0. The van der Waals surface area contributed by atoms with Crippen LogP contribution in [0.4, 0.5) is 0 Å². The quantitative estimate of drug-likeness (QED) is 0.843. The van der Waals surface area contributed by atoms with Crippen molar-refractivity contribution >= 4 is 0 Å². The Morgan fingerprint density at radius 1 is 1.21 bits per heavy atom. The second kappa shape index (κ2) is 5.32. The Hall–Kier alpha value is -0.760. The van der Waals surface area contributed by atoms with Crippen LogP contribution in [0.3, 0.4) is 0 Å². The predicted molar refractivity (Wildman–Crippen MR) is 78.4 cm³/mol. The van der Waals surface area contributed by atoms with Crippen LogP contribution >= 0.6 is 0 Å². The topological polar surface area (TPSA) is 25.2 Å². The van der Waals surface area contributed by atoms with Crippen molar-refractivity contribution in [3.05, 3.63) is 23.0 Å². The van der Waals surface area contributed by atoms with Crippen LogP contribution in [0.2, 0.25) is 0 Å². The molecule has 0 radical (unpaired) electrons. The van der Waals surface area contributed by atoms with E-state index in [0.717, 1.165) is 25.2 Å². The Bertz CT molecular complexity index is 448. The van der Waals surface area contributed by atoms with Crippen LogP contribution in [0.15, 0.2) is 6.07 Å². The van der Waals surface area contributed by atoms with E-state index in [9.17, 15) is 5.11 Å². The summed E-state index contributed by atoms with van der Waals surface area (Å²) in [5.41, 5.74) is 4.04. The molecule has 3 unspecified atom stereocenters. The molecule has 0 aliphatic heterocycles. The maximum Gasteiger partial charge on any atom is 0.0807 e. The number of aliphatic hydroxyl groups excluding tert-OH is 1. The molecule has 3 atom stereocenters. The monoisotopic (exact) mass is 261 g/mol. The summed E-state index contributed by atoms with van der Waals surface area (Å²) in [5.74, 6) is 0.836. The third-order valence-corrected chi connectivity index (χ3v) is 5.34. The van der Waals surface area contributed by atoms with Gasteiger partial charge < -0.3 is 9.67 Å².